The Morgan fingerprint density at radius 2 is 2.04 bits per heavy atom. The Hall–Kier alpha value is -3.09. The van der Waals surface area contributed by atoms with E-state index in [9.17, 15) is 9.59 Å². The Labute approximate surface area is 158 Å². The number of anilines is 1. The van der Waals surface area contributed by atoms with Crippen molar-refractivity contribution in [3.63, 3.8) is 0 Å². The van der Waals surface area contributed by atoms with Gasteiger partial charge >= 0.3 is 0 Å². The zero-order chi connectivity index (χ0) is 19.1. The van der Waals surface area contributed by atoms with E-state index in [1.807, 2.05) is 24.3 Å². The van der Waals surface area contributed by atoms with E-state index in [1.54, 1.807) is 29.3 Å². The summed E-state index contributed by atoms with van der Waals surface area (Å²) in [5.74, 6) is 0.793. The van der Waals surface area contributed by atoms with E-state index in [0.29, 0.717) is 31.7 Å². The van der Waals surface area contributed by atoms with E-state index in [4.69, 9.17) is 4.74 Å². The first kappa shape index (κ1) is 18.7. The van der Waals surface area contributed by atoms with Gasteiger partial charge in [0.2, 0.25) is 6.41 Å². The molecular weight excluding hydrogens is 344 g/mol. The van der Waals surface area contributed by atoms with Crippen LogP contribution >= 0.6 is 0 Å². The van der Waals surface area contributed by atoms with Crippen molar-refractivity contribution in [3.05, 3.63) is 53.9 Å². The van der Waals surface area contributed by atoms with Crippen molar-refractivity contribution in [2.75, 3.05) is 45.2 Å². The standard InChI is InChI=1S/C20H24N4O3/c1-27-19-4-2-3-16(11-19)5-6-22-18-12-17(13-21-14-18)20(26)24-9-7-23(15-25)8-10-24/h2-4,11-15,22H,5-10H2,1H3. The monoisotopic (exact) mass is 368 g/mol. The molecule has 0 radical (unpaired) electrons. The fraction of sp³-hybridized carbons (Fsp3) is 0.350. The lowest BCUT2D eigenvalue weighted by Gasteiger charge is -2.32. The molecule has 2 heterocycles. The summed E-state index contributed by atoms with van der Waals surface area (Å²) in [6.07, 6.45) is 4.97. The van der Waals surface area contributed by atoms with Crippen LogP contribution in [0.1, 0.15) is 15.9 Å². The van der Waals surface area contributed by atoms with E-state index in [-0.39, 0.29) is 5.91 Å². The SMILES string of the molecule is COc1cccc(CCNc2cncc(C(=O)N3CCN(C=O)CC3)c2)c1. The van der Waals surface area contributed by atoms with Gasteiger partial charge in [0.15, 0.2) is 0 Å². The second-order valence-corrected chi connectivity index (χ2v) is 6.42. The molecule has 1 aliphatic rings. The van der Waals surface area contributed by atoms with Gasteiger partial charge in [0.05, 0.1) is 18.4 Å². The Kier molecular flexibility index (Phi) is 6.25. The van der Waals surface area contributed by atoms with E-state index < -0.39 is 0 Å². The largest absolute Gasteiger partial charge is 0.497 e. The number of carbonyl (C=O) groups is 2. The molecule has 1 fully saturated rings. The summed E-state index contributed by atoms with van der Waals surface area (Å²) in [5, 5.41) is 3.32. The number of benzene rings is 1. The van der Waals surface area contributed by atoms with Gasteiger partial charge in [-0.25, -0.2) is 0 Å². The minimum atomic E-state index is -0.0514. The molecule has 0 aliphatic carbocycles. The lowest BCUT2D eigenvalue weighted by atomic mass is 10.1. The highest BCUT2D eigenvalue weighted by Crippen LogP contribution is 2.15. The molecular formula is C20H24N4O3. The number of hydrogen-bond acceptors (Lipinski definition) is 5. The van der Waals surface area contributed by atoms with E-state index in [2.05, 4.69) is 16.4 Å². The van der Waals surface area contributed by atoms with Gasteiger partial charge in [-0.1, -0.05) is 12.1 Å². The third-order valence-corrected chi connectivity index (χ3v) is 4.61. The molecule has 0 bridgehead atoms. The van der Waals surface area contributed by atoms with Gasteiger partial charge in [-0.05, 0) is 30.2 Å². The maximum Gasteiger partial charge on any atom is 0.255 e. The van der Waals surface area contributed by atoms with Crippen molar-refractivity contribution >= 4 is 18.0 Å². The van der Waals surface area contributed by atoms with Crippen molar-refractivity contribution in [1.29, 1.82) is 0 Å². The Morgan fingerprint density at radius 3 is 2.78 bits per heavy atom. The lowest BCUT2D eigenvalue weighted by Crippen LogP contribution is -2.48. The second kappa shape index (κ2) is 9.02. The summed E-state index contributed by atoms with van der Waals surface area (Å²) < 4.78 is 5.24. The van der Waals surface area contributed by atoms with Gasteiger partial charge in [-0.3, -0.25) is 14.6 Å². The van der Waals surface area contributed by atoms with Gasteiger partial charge in [0.25, 0.3) is 5.91 Å². The molecule has 142 valence electrons. The van der Waals surface area contributed by atoms with Crippen LogP contribution in [0.5, 0.6) is 5.75 Å². The zero-order valence-electron chi connectivity index (χ0n) is 15.4. The summed E-state index contributed by atoms with van der Waals surface area (Å²) in [5.41, 5.74) is 2.55. The fourth-order valence-corrected chi connectivity index (χ4v) is 3.05. The third kappa shape index (κ3) is 4.97. The highest BCUT2D eigenvalue weighted by atomic mass is 16.5. The number of aromatic nitrogens is 1. The van der Waals surface area contributed by atoms with E-state index in [1.165, 1.54) is 5.56 Å². The average Bonchev–Trinajstić information content (AvgIpc) is 2.73. The normalized spacial score (nSPS) is 14.0. The summed E-state index contributed by atoms with van der Waals surface area (Å²) in [6, 6.07) is 9.79. The van der Waals surface area contributed by atoms with E-state index >= 15 is 0 Å². The predicted molar refractivity (Wildman–Crippen MR) is 103 cm³/mol. The quantitative estimate of drug-likeness (QED) is 0.753. The van der Waals surface area contributed by atoms with Gasteiger partial charge < -0.3 is 19.9 Å². The number of nitrogens with one attached hydrogen (secondary N) is 1. The van der Waals surface area contributed by atoms with Crippen LogP contribution in [0, 0.1) is 0 Å². The highest BCUT2D eigenvalue weighted by molar-refractivity contribution is 5.94. The molecule has 0 saturated carbocycles. The number of pyridine rings is 1. The molecule has 0 unspecified atom stereocenters. The van der Waals surface area contributed by atoms with Crippen molar-refractivity contribution in [3.8, 4) is 5.75 Å². The Morgan fingerprint density at radius 1 is 1.22 bits per heavy atom. The first-order chi connectivity index (χ1) is 13.2. The highest BCUT2D eigenvalue weighted by Gasteiger charge is 2.21. The molecule has 0 atom stereocenters. The van der Waals surface area contributed by atoms with Crippen LogP contribution in [0.15, 0.2) is 42.7 Å². The minimum absolute atomic E-state index is 0.0514. The average molecular weight is 368 g/mol. The van der Waals surface area contributed by atoms with Crippen LogP contribution in [0.2, 0.25) is 0 Å². The van der Waals surface area contributed by atoms with Crippen molar-refractivity contribution < 1.29 is 14.3 Å². The fourth-order valence-electron chi connectivity index (χ4n) is 3.05. The smallest absolute Gasteiger partial charge is 0.255 e. The third-order valence-electron chi connectivity index (χ3n) is 4.61. The van der Waals surface area contributed by atoms with Crippen LogP contribution in [-0.4, -0.2) is 66.9 Å². The molecule has 1 saturated heterocycles. The summed E-state index contributed by atoms with van der Waals surface area (Å²) in [6.45, 7) is 2.96. The van der Waals surface area contributed by atoms with Crippen LogP contribution in [0.25, 0.3) is 0 Å². The molecule has 2 aromatic rings. The molecule has 3 rings (SSSR count). The maximum absolute atomic E-state index is 12.7. The number of methoxy groups -OCH3 is 1. The first-order valence-corrected chi connectivity index (χ1v) is 9.00. The molecule has 0 spiro atoms. The van der Waals surface area contributed by atoms with E-state index in [0.717, 1.165) is 30.8 Å². The summed E-state index contributed by atoms with van der Waals surface area (Å²) >= 11 is 0. The zero-order valence-corrected chi connectivity index (χ0v) is 15.4. The Balaban J connectivity index is 1.55. The number of ether oxygens (including phenoxy) is 1. The number of amides is 2. The van der Waals surface area contributed by atoms with Gasteiger partial charge in [0, 0.05) is 45.1 Å². The topological polar surface area (TPSA) is 74.8 Å². The van der Waals surface area contributed by atoms with Gasteiger partial charge in [-0.2, -0.15) is 0 Å². The molecule has 2 amide bonds. The van der Waals surface area contributed by atoms with Crippen LogP contribution in [0.3, 0.4) is 0 Å². The Bertz CT molecular complexity index is 788. The number of rotatable bonds is 7. The number of carbonyl (C=O) groups excluding carboxylic acids is 2. The number of hydrogen-bond donors (Lipinski definition) is 1. The molecule has 1 N–H and O–H groups in total. The summed E-state index contributed by atoms with van der Waals surface area (Å²) in [7, 11) is 1.66. The summed E-state index contributed by atoms with van der Waals surface area (Å²) in [4.78, 5) is 31.1. The molecule has 1 aromatic carbocycles. The van der Waals surface area contributed by atoms with Crippen molar-refractivity contribution in [2.24, 2.45) is 0 Å². The van der Waals surface area contributed by atoms with Gasteiger partial charge in [-0.15, -0.1) is 0 Å². The first-order valence-electron chi connectivity index (χ1n) is 9.00. The van der Waals surface area contributed by atoms with Crippen LogP contribution < -0.4 is 10.1 Å². The molecule has 27 heavy (non-hydrogen) atoms. The van der Waals surface area contributed by atoms with Gasteiger partial charge in [0.1, 0.15) is 5.75 Å². The molecule has 7 heteroatoms. The molecule has 1 aliphatic heterocycles. The second-order valence-electron chi connectivity index (χ2n) is 6.42. The van der Waals surface area contributed by atoms with Crippen LogP contribution in [-0.2, 0) is 11.2 Å². The van der Waals surface area contributed by atoms with Crippen molar-refractivity contribution in [2.45, 2.75) is 6.42 Å². The molecule has 7 nitrogen and oxygen atoms in total. The predicted octanol–water partition coefficient (Wildman–Crippen LogP) is 1.66. The number of nitrogens with zero attached hydrogens (tertiary/aromatic N) is 3. The maximum atomic E-state index is 12.7. The molecule has 1 aromatic heterocycles. The lowest BCUT2D eigenvalue weighted by molar-refractivity contribution is -0.119. The van der Waals surface area contributed by atoms with Crippen molar-refractivity contribution in [1.82, 2.24) is 14.8 Å². The minimum Gasteiger partial charge on any atom is -0.497 e. The van der Waals surface area contributed by atoms with Crippen LogP contribution in [0.4, 0.5) is 5.69 Å². The number of piperazine rings is 1.